The molecule has 0 saturated heterocycles. The maximum atomic E-state index is 13.0. The molecule has 0 fully saturated rings. The standard InChI is InChI=1S/C13H8ClF2NO2S.C4H10/c14-9-3-1-7(5-12(9)20-19)13(18)17-8-2-4-10(15)11(16)6-8;1-3-4-2/h1-6,19H,(H,17,18);3-4H2,1-2H3. The number of hydrogen-bond acceptors (Lipinski definition) is 3. The summed E-state index contributed by atoms with van der Waals surface area (Å²) in [4.78, 5) is 12.3. The lowest BCUT2D eigenvalue weighted by atomic mass is 10.2. The van der Waals surface area contributed by atoms with Gasteiger partial charge in [0.1, 0.15) is 0 Å². The van der Waals surface area contributed by atoms with Gasteiger partial charge in [-0.2, -0.15) is 0 Å². The number of halogens is 3. The van der Waals surface area contributed by atoms with Gasteiger partial charge in [0, 0.05) is 29.4 Å². The van der Waals surface area contributed by atoms with Crippen LogP contribution < -0.4 is 5.32 Å². The Labute approximate surface area is 149 Å². The Kier molecular flexibility index (Phi) is 8.74. The van der Waals surface area contributed by atoms with E-state index in [1.807, 2.05) is 0 Å². The summed E-state index contributed by atoms with van der Waals surface area (Å²) in [5.74, 6) is -2.57. The van der Waals surface area contributed by atoms with Crippen LogP contribution in [0.4, 0.5) is 14.5 Å². The van der Waals surface area contributed by atoms with Crippen LogP contribution in [0.5, 0.6) is 0 Å². The van der Waals surface area contributed by atoms with Crippen LogP contribution >= 0.6 is 23.6 Å². The Morgan fingerprint density at radius 2 is 1.79 bits per heavy atom. The van der Waals surface area contributed by atoms with Crippen molar-refractivity contribution in [3.8, 4) is 0 Å². The molecular formula is C17H18ClF2NO2S. The van der Waals surface area contributed by atoms with Gasteiger partial charge in [-0.1, -0.05) is 38.3 Å². The van der Waals surface area contributed by atoms with E-state index in [2.05, 4.69) is 19.2 Å². The Bertz CT molecular complexity index is 696. The number of amides is 1. The predicted octanol–water partition coefficient (Wildman–Crippen LogP) is 6.24. The number of benzene rings is 2. The van der Waals surface area contributed by atoms with Gasteiger partial charge in [-0.25, -0.2) is 8.78 Å². The van der Waals surface area contributed by atoms with Gasteiger partial charge in [0.2, 0.25) is 0 Å². The third-order valence-electron chi connectivity index (χ3n) is 2.97. The Morgan fingerprint density at radius 3 is 2.33 bits per heavy atom. The molecule has 0 aromatic heterocycles. The van der Waals surface area contributed by atoms with E-state index < -0.39 is 17.5 Å². The van der Waals surface area contributed by atoms with E-state index in [4.69, 9.17) is 16.2 Å². The summed E-state index contributed by atoms with van der Waals surface area (Å²) in [6.07, 6.45) is 2.64. The van der Waals surface area contributed by atoms with Crippen molar-refractivity contribution in [1.82, 2.24) is 0 Å². The second kappa shape index (κ2) is 10.3. The molecular weight excluding hydrogens is 356 g/mol. The maximum Gasteiger partial charge on any atom is 0.255 e. The highest BCUT2D eigenvalue weighted by molar-refractivity contribution is 7.93. The quantitative estimate of drug-likeness (QED) is 0.623. The van der Waals surface area contributed by atoms with Crippen LogP contribution in [0.25, 0.3) is 0 Å². The summed E-state index contributed by atoms with van der Waals surface area (Å²) < 4.78 is 34.8. The molecule has 2 aromatic rings. The van der Waals surface area contributed by atoms with Crippen LogP contribution in [-0.4, -0.2) is 10.5 Å². The summed E-state index contributed by atoms with van der Waals surface area (Å²) in [6, 6.07) is 7.35. The number of nitrogens with one attached hydrogen (secondary N) is 1. The fourth-order valence-electron chi connectivity index (χ4n) is 1.49. The van der Waals surface area contributed by atoms with Gasteiger partial charge in [-0.05, 0) is 30.3 Å². The van der Waals surface area contributed by atoms with E-state index in [0.717, 1.165) is 12.1 Å². The number of rotatable bonds is 4. The van der Waals surface area contributed by atoms with Gasteiger partial charge < -0.3 is 9.87 Å². The first-order valence-corrected chi connectivity index (χ1v) is 8.45. The van der Waals surface area contributed by atoms with E-state index in [1.54, 1.807) is 0 Å². The fourth-order valence-corrected chi connectivity index (χ4v) is 2.05. The topological polar surface area (TPSA) is 49.3 Å². The van der Waals surface area contributed by atoms with Crippen LogP contribution in [0.1, 0.15) is 37.0 Å². The molecule has 0 heterocycles. The zero-order chi connectivity index (χ0) is 18.1. The summed E-state index contributed by atoms with van der Waals surface area (Å²) in [5, 5.41) is 2.72. The molecule has 3 nitrogen and oxygen atoms in total. The van der Waals surface area contributed by atoms with E-state index in [1.165, 1.54) is 37.1 Å². The lowest BCUT2D eigenvalue weighted by Crippen LogP contribution is -2.12. The lowest BCUT2D eigenvalue weighted by Gasteiger charge is -2.07. The van der Waals surface area contributed by atoms with Crippen molar-refractivity contribution >= 4 is 35.2 Å². The second-order valence-electron chi connectivity index (χ2n) is 4.82. The molecule has 0 aliphatic carbocycles. The summed E-state index contributed by atoms with van der Waals surface area (Å²) in [6.45, 7) is 4.36. The number of hydrogen-bond donors (Lipinski definition) is 2. The predicted molar refractivity (Wildman–Crippen MR) is 94.8 cm³/mol. The van der Waals surface area contributed by atoms with E-state index >= 15 is 0 Å². The van der Waals surface area contributed by atoms with Crippen molar-refractivity contribution in [2.75, 3.05) is 5.32 Å². The molecule has 0 atom stereocenters. The van der Waals surface area contributed by atoms with E-state index in [0.29, 0.717) is 22.0 Å². The smallest absolute Gasteiger partial charge is 0.255 e. The Morgan fingerprint density at radius 1 is 1.12 bits per heavy atom. The van der Waals surface area contributed by atoms with Crippen molar-refractivity contribution in [3.63, 3.8) is 0 Å². The van der Waals surface area contributed by atoms with Gasteiger partial charge in [-0.15, -0.1) is 0 Å². The first-order chi connectivity index (χ1) is 11.4. The average Bonchev–Trinajstić information content (AvgIpc) is 2.58. The normalized spacial score (nSPS) is 9.92. The molecule has 1 amide bonds. The first-order valence-electron chi connectivity index (χ1n) is 7.30. The fraction of sp³-hybridized carbons (Fsp3) is 0.235. The highest BCUT2D eigenvalue weighted by Gasteiger charge is 2.11. The molecule has 7 heteroatoms. The average molecular weight is 374 g/mol. The maximum absolute atomic E-state index is 13.0. The lowest BCUT2D eigenvalue weighted by molar-refractivity contribution is 0.102. The molecule has 0 radical (unpaired) electrons. The Hall–Kier alpha value is -1.63. The van der Waals surface area contributed by atoms with Crippen LogP contribution in [0.2, 0.25) is 5.02 Å². The largest absolute Gasteiger partial charge is 0.325 e. The van der Waals surface area contributed by atoms with Gasteiger partial charge in [-0.3, -0.25) is 4.79 Å². The van der Waals surface area contributed by atoms with Crippen molar-refractivity contribution < 1.29 is 18.1 Å². The Balaban J connectivity index is 0.000000648. The monoisotopic (exact) mass is 373 g/mol. The van der Waals surface area contributed by atoms with Crippen molar-refractivity contribution in [1.29, 1.82) is 0 Å². The van der Waals surface area contributed by atoms with Gasteiger partial charge in [0.15, 0.2) is 11.6 Å². The molecule has 24 heavy (non-hydrogen) atoms. The summed E-state index contributed by atoms with van der Waals surface area (Å²) >= 11 is 6.21. The third kappa shape index (κ3) is 6.11. The van der Waals surface area contributed by atoms with Crippen LogP contribution in [-0.2, 0) is 0 Å². The zero-order valence-corrected chi connectivity index (χ0v) is 14.8. The van der Waals surface area contributed by atoms with Crippen LogP contribution in [0.15, 0.2) is 41.3 Å². The molecule has 0 aliphatic rings. The molecule has 2 N–H and O–H groups in total. The SMILES string of the molecule is CCCC.O=C(Nc1ccc(F)c(F)c1)c1ccc(Cl)c(SO)c1. The number of unbranched alkanes of at least 4 members (excludes halogenated alkanes) is 1. The van der Waals surface area contributed by atoms with Crippen molar-refractivity contribution in [3.05, 3.63) is 58.6 Å². The number of carbonyl (C=O) groups excluding carboxylic acids is 1. The van der Waals surface area contributed by atoms with Crippen LogP contribution in [0, 0.1) is 11.6 Å². The molecule has 0 spiro atoms. The number of carbonyl (C=O) groups is 1. The van der Waals surface area contributed by atoms with E-state index in [-0.39, 0.29) is 11.3 Å². The highest BCUT2D eigenvalue weighted by Crippen LogP contribution is 2.26. The summed E-state index contributed by atoms with van der Waals surface area (Å²) in [7, 11) is 0. The molecule has 130 valence electrons. The second-order valence-corrected chi connectivity index (χ2v) is 5.85. The third-order valence-corrected chi connectivity index (χ3v) is 3.95. The first kappa shape index (κ1) is 20.4. The van der Waals surface area contributed by atoms with Crippen molar-refractivity contribution in [2.45, 2.75) is 31.6 Å². The molecule has 0 bridgehead atoms. The molecule has 0 aliphatic heterocycles. The summed E-state index contributed by atoms with van der Waals surface area (Å²) in [5.41, 5.74) is 0.359. The van der Waals surface area contributed by atoms with Crippen LogP contribution in [0.3, 0.4) is 0 Å². The van der Waals surface area contributed by atoms with Gasteiger partial charge in [0.05, 0.1) is 9.92 Å². The number of anilines is 1. The van der Waals surface area contributed by atoms with Gasteiger partial charge in [0.25, 0.3) is 5.91 Å². The van der Waals surface area contributed by atoms with Gasteiger partial charge >= 0.3 is 0 Å². The minimum Gasteiger partial charge on any atom is -0.325 e. The molecule has 2 aromatic carbocycles. The molecule has 0 unspecified atom stereocenters. The van der Waals surface area contributed by atoms with Crippen molar-refractivity contribution in [2.24, 2.45) is 0 Å². The van der Waals surface area contributed by atoms with E-state index in [9.17, 15) is 13.6 Å². The minimum absolute atomic E-state index is 0.127. The minimum atomic E-state index is -1.05. The zero-order valence-electron chi connectivity index (χ0n) is 13.3. The highest BCUT2D eigenvalue weighted by atomic mass is 35.5. The molecule has 0 saturated carbocycles. The molecule has 2 rings (SSSR count).